The van der Waals surface area contributed by atoms with Crippen LogP contribution in [0.3, 0.4) is 0 Å². The van der Waals surface area contributed by atoms with Crippen molar-refractivity contribution in [2.24, 2.45) is 0 Å². The van der Waals surface area contributed by atoms with Gasteiger partial charge in [-0.1, -0.05) is 42.5 Å². The van der Waals surface area contributed by atoms with Gasteiger partial charge in [-0.15, -0.1) is 0 Å². The Balaban J connectivity index is 1.34. The van der Waals surface area contributed by atoms with Crippen molar-refractivity contribution in [1.29, 1.82) is 0 Å². The average Bonchev–Trinajstić information content (AvgIpc) is 2.74. The molecule has 0 bridgehead atoms. The first-order chi connectivity index (χ1) is 14.2. The normalized spacial score (nSPS) is 12.7. The van der Waals surface area contributed by atoms with Crippen molar-refractivity contribution >= 4 is 23.3 Å². The van der Waals surface area contributed by atoms with Gasteiger partial charge >= 0.3 is 5.97 Å². The van der Waals surface area contributed by atoms with Crippen LogP contribution in [-0.4, -0.2) is 25.0 Å². The molecule has 1 heterocycles. The number of benzene rings is 3. The third-order valence-electron chi connectivity index (χ3n) is 4.47. The monoisotopic (exact) mass is 388 g/mol. The molecule has 4 rings (SSSR count). The summed E-state index contributed by atoms with van der Waals surface area (Å²) < 4.78 is 11.0. The molecule has 0 saturated heterocycles. The minimum atomic E-state index is -0.378. The van der Waals surface area contributed by atoms with Crippen LogP contribution in [-0.2, 0) is 16.2 Å². The van der Waals surface area contributed by atoms with Crippen LogP contribution < -0.4 is 19.7 Å². The molecule has 3 aromatic carbocycles. The van der Waals surface area contributed by atoms with Crippen LogP contribution in [0, 0.1) is 0 Å². The van der Waals surface area contributed by atoms with Gasteiger partial charge in [0.15, 0.2) is 5.75 Å². The number of nitrogens with zero attached hydrogens (tertiary/aromatic N) is 1. The van der Waals surface area contributed by atoms with E-state index in [9.17, 15) is 9.59 Å². The van der Waals surface area contributed by atoms with Crippen LogP contribution in [0.2, 0.25) is 0 Å². The minimum absolute atomic E-state index is 0.0384. The molecule has 0 atom stereocenters. The van der Waals surface area contributed by atoms with E-state index in [2.05, 4.69) is 5.32 Å². The standard InChI is InChI=1S/C23H20N2O4/c26-22(14-25-15-23(27)29-21-9-5-4-8-20(21)25)24-18-10-12-19(13-11-18)28-16-17-6-2-1-3-7-17/h1-13H,14-16H2,(H,24,26). The van der Waals surface area contributed by atoms with E-state index < -0.39 is 0 Å². The fraction of sp³-hybridized carbons (Fsp3) is 0.130. The summed E-state index contributed by atoms with van der Waals surface area (Å²) in [5.41, 5.74) is 2.48. The Kier molecular flexibility index (Phi) is 5.42. The summed E-state index contributed by atoms with van der Waals surface area (Å²) in [4.78, 5) is 25.9. The first-order valence-electron chi connectivity index (χ1n) is 9.29. The molecule has 0 aliphatic carbocycles. The van der Waals surface area contributed by atoms with Gasteiger partial charge < -0.3 is 19.7 Å². The van der Waals surface area contributed by atoms with E-state index in [0.717, 1.165) is 17.0 Å². The Hall–Kier alpha value is -3.80. The topological polar surface area (TPSA) is 67.9 Å². The summed E-state index contributed by atoms with van der Waals surface area (Å²) in [6.07, 6.45) is 0. The lowest BCUT2D eigenvalue weighted by atomic mass is 10.2. The predicted molar refractivity (Wildman–Crippen MR) is 110 cm³/mol. The van der Waals surface area contributed by atoms with Crippen molar-refractivity contribution in [3.05, 3.63) is 84.4 Å². The van der Waals surface area contributed by atoms with E-state index in [-0.39, 0.29) is 25.0 Å². The molecule has 0 unspecified atom stereocenters. The smallest absolute Gasteiger partial charge is 0.331 e. The number of ether oxygens (including phenoxy) is 2. The molecule has 0 spiro atoms. The summed E-state index contributed by atoms with van der Waals surface area (Å²) in [5.74, 6) is 0.597. The van der Waals surface area contributed by atoms with Gasteiger partial charge in [0, 0.05) is 5.69 Å². The lowest BCUT2D eigenvalue weighted by molar-refractivity contribution is -0.133. The molecule has 146 valence electrons. The summed E-state index contributed by atoms with van der Waals surface area (Å²) in [7, 11) is 0. The second kappa shape index (κ2) is 8.48. The molecule has 0 aromatic heterocycles. The average molecular weight is 388 g/mol. The van der Waals surface area contributed by atoms with Crippen LogP contribution in [0.4, 0.5) is 11.4 Å². The van der Waals surface area contributed by atoms with Gasteiger partial charge in [0.2, 0.25) is 5.91 Å². The van der Waals surface area contributed by atoms with E-state index in [1.807, 2.05) is 54.6 Å². The number of hydrogen-bond donors (Lipinski definition) is 1. The Morgan fingerprint density at radius 3 is 2.48 bits per heavy atom. The molecule has 0 saturated carbocycles. The first-order valence-corrected chi connectivity index (χ1v) is 9.29. The highest BCUT2D eigenvalue weighted by molar-refractivity contribution is 5.96. The van der Waals surface area contributed by atoms with Crippen LogP contribution in [0.1, 0.15) is 5.56 Å². The second-order valence-corrected chi connectivity index (χ2v) is 6.64. The fourth-order valence-electron chi connectivity index (χ4n) is 3.09. The molecule has 1 N–H and O–H groups in total. The number of carbonyl (C=O) groups excluding carboxylic acids is 2. The third-order valence-corrected chi connectivity index (χ3v) is 4.47. The van der Waals surface area contributed by atoms with Gasteiger partial charge in [-0.2, -0.15) is 0 Å². The van der Waals surface area contributed by atoms with E-state index in [4.69, 9.17) is 9.47 Å². The number of hydrogen-bond acceptors (Lipinski definition) is 5. The van der Waals surface area contributed by atoms with Crippen molar-refractivity contribution in [2.45, 2.75) is 6.61 Å². The van der Waals surface area contributed by atoms with Crippen molar-refractivity contribution < 1.29 is 19.1 Å². The second-order valence-electron chi connectivity index (χ2n) is 6.64. The molecule has 6 heteroatoms. The van der Waals surface area contributed by atoms with Gasteiger partial charge in [-0.3, -0.25) is 4.79 Å². The van der Waals surface area contributed by atoms with Crippen LogP contribution in [0.5, 0.6) is 11.5 Å². The zero-order valence-corrected chi connectivity index (χ0v) is 15.7. The highest BCUT2D eigenvalue weighted by atomic mass is 16.5. The number of para-hydroxylation sites is 2. The van der Waals surface area contributed by atoms with Gasteiger partial charge in [0.05, 0.1) is 12.2 Å². The van der Waals surface area contributed by atoms with Crippen molar-refractivity contribution in [3.8, 4) is 11.5 Å². The Morgan fingerprint density at radius 2 is 1.69 bits per heavy atom. The number of rotatable bonds is 6. The maximum Gasteiger partial charge on any atom is 0.331 e. The third kappa shape index (κ3) is 4.73. The number of anilines is 2. The highest BCUT2D eigenvalue weighted by Crippen LogP contribution is 2.31. The minimum Gasteiger partial charge on any atom is -0.489 e. The molecular weight excluding hydrogens is 368 g/mol. The quantitative estimate of drug-likeness (QED) is 0.516. The fourth-order valence-corrected chi connectivity index (χ4v) is 3.09. The molecule has 0 fully saturated rings. The Labute approximate surface area is 168 Å². The van der Waals surface area contributed by atoms with E-state index in [1.165, 1.54) is 0 Å². The molecule has 1 aliphatic rings. The predicted octanol–water partition coefficient (Wildman–Crippen LogP) is 3.63. The lowest BCUT2D eigenvalue weighted by Crippen LogP contribution is -2.41. The molecular formula is C23H20N2O4. The molecule has 1 amide bonds. The maximum absolute atomic E-state index is 12.5. The summed E-state index contributed by atoms with van der Waals surface area (Å²) in [6, 6.07) is 24.3. The Morgan fingerprint density at radius 1 is 0.966 bits per heavy atom. The number of esters is 1. The molecule has 6 nitrogen and oxygen atoms in total. The molecule has 3 aromatic rings. The molecule has 1 aliphatic heterocycles. The highest BCUT2D eigenvalue weighted by Gasteiger charge is 2.25. The van der Waals surface area contributed by atoms with Gasteiger partial charge in [0.25, 0.3) is 0 Å². The Bertz CT molecular complexity index is 1000. The molecule has 0 radical (unpaired) electrons. The maximum atomic E-state index is 12.5. The number of fused-ring (bicyclic) bond motifs is 1. The van der Waals surface area contributed by atoms with Crippen LogP contribution in [0.25, 0.3) is 0 Å². The van der Waals surface area contributed by atoms with Gasteiger partial charge in [0.1, 0.15) is 18.9 Å². The first kappa shape index (κ1) is 18.6. The van der Waals surface area contributed by atoms with E-state index >= 15 is 0 Å². The largest absolute Gasteiger partial charge is 0.489 e. The summed E-state index contributed by atoms with van der Waals surface area (Å²) >= 11 is 0. The van der Waals surface area contributed by atoms with Crippen molar-refractivity contribution in [2.75, 3.05) is 23.3 Å². The van der Waals surface area contributed by atoms with Crippen molar-refractivity contribution in [3.63, 3.8) is 0 Å². The van der Waals surface area contributed by atoms with E-state index in [1.54, 1.807) is 29.2 Å². The number of amides is 1. The zero-order chi connectivity index (χ0) is 20.1. The summed E-state index contributed by atoms with van der Waals surface area (Å²) in [6.45, 7) is 0.575. The zero-order valence-electron chi connectivity index (χ0n) is 15.7. The van der Waals surface area contributed by atoms with E-state index in [0.29, 0.717) is 18.0 Å². The van der Waals surface area contributed by atoms with Gasteiger partial charge in [-0.25, -0.2) is 4.79 Å². The van der Waals surface area contributed by atoms with Gasteiger partial charge in [-0.05, 0) is 42.0 Å². The van der Waals surface area contributed by atoms with Crippen molar-refractivity contribution in [1.82, 2.24) is 0 Å². The molecule has 29 heavy (non-hydrogen) atoms. The lowest BCUT2D eigenvalue weighted by Gasteiger charge is -2.29. The summed E-state index contributed by atoms with van der Waals surface area (Å²) in [5, 5.41) is 2.85. The number of carbonyl (C=O) groups is 2. The number of nitrogens with one attached hydrogen (secondary N) is 1. The van der Waals surface area contributed by atoms with Crippen LogP contribution in [0.15, 0.2) is 78.9 Å². The SMILES string of the molecule is O=C(CN1CC(=O)Oc2ccccc21)Nc1ccc(OCc2ccccc2)cc1. The van der Waals surface area contributed by atoms with Crippen LogP contribution >= 0.6 is 0 Å².